The van der Waals surface area contributed by atoms with Gasteiger partial charge in [-0.15, -0.1) is 0 Å². The zero-order valence-electron chi connectivity index (χ0n) is 14.7. The maximum absolute atomic E-state index is 13.3. The first-order chi connectivity index (χ1) is 11.8. The molecule has 3 N–H and O–H groups in total. The SMILES string of the molecule is CC(C)(C(=O)NCC(N)C1CCC(C=O)CC1)c1ccc(F)c(Cl)c1. The van der Waals surface area contributed by atoms with Crippen LogP contribution in [0.25, 0.3) is 0 Å². The number of carbonyl (C=O) groups is 2. The molecule has 1 atom stereocenters. The largest absolute Gasteiger partial charge is 0.354 e. The molecule has 1 aromatic carbocycles. The van der Waals surface area contributed by atoms with Crippen molar-refractivity contribution in [2.24, 2.45) is 17.6 Å². The van der Waals surface area contributed by atoms with Gasteiger partial charge in [-0.3, -0.25) is 4.79 Å². The fourth-order valence-corrected chi connectivity index (χ4v) is 3.50. The maximum atomic E-state index is 13.3. The Morgan fingerprint density at radius 2 is 2.04 bits per heavy atom. The monoisotopic (exact) mass is 368 g/mol. The summed E-state index contributed by atoms with van der Waals surface area (Å²) in [5.41, 5.74) is 6.04. The number of carbonyl (C=O) groups excluding carboxylic acids is 2. The van der Waals surface area contributed by atoms with Crippen LogP contribution in [0.4, 0.5) is 4.39 Å². The minimum absolute atomic E-state index is 0.00186. The quantitative estimate of drug-likeness (QED) is 0.757. The lowest BCUT2D eigenvalue weighted by atomic mass is 9.79. The van der Waals surface area contributed by atoms with Crippen LogP contribution >= 0.6 is 11.6 Å². The minimum atomic E-state index is -0.841. The van der Waals surface area contributed by atoms with Crippen LogP contribution in [-0.2, 0) is 15.0 Å². The van der Waals surface area contributed by atoms with Crippen molar-refractivity contribution in [1.29, 1.82) is 0 Å². The lowest BCUT2D eigenvalue weighted by molar-refractivity contribution is -0.125. The highest BCUT2D eigenvalue weighted by atomic mass is 35.5. The molecule has 0 heterocycles. The Kier molecular flexibility index (Phi) is 6.58. The molecule has 1 saturated carbocycles. The molecule has 25 heavy (non-hydrogen) atoms. The first-order valence-corrected chi connectivity index (χ1v) is 9.08. The lowest BCUT2D eigenvalue weighted by Gasteiger charge is -2.31. The van der Waals surface area contributed by atoms with E-state index in [9.17, 15) is 14.0 Å². The molecule has 0 saturated heterocycles. The van der Waals surface area contributed by atoms with E-state index in [1.807, 2.05) is 0 Å². The second-order valence-electron chi connectivity index (χ2n) is 7.44. The molecule has 6 heteroatoms. The summed E-state index contributed by atoms with van der Waals surface area (Å²) in [6.45, 7) is 3.92. The van der Waals surface area contributed by atoms with Crippen molar-refractivity contribution in [3.8, 4) is 0 Å². The van der Waals surface area contributed by atoms with Crippen molar-refractivity contribution in [2.45, 2.75) is 51.0 Å². The van der Waals surface area contributed by atoms with Crippen LogP contribution in [0.1, 0.15) is 45.1 Å². The average Bonchev–Trinajstić information content (AvgIpc) is 2.61. The smallest absolute Gasteiger partial charge is 0.230 e. The van der Waals surface area contributed by atoms with Crippen molar-refractivity contribution >= 4 is 23.8 Å². The second-order valence-corrected chi connectivity index (χ2v) is 7.85. The van der Waals surface area contributed by atoms with Crippen molar-refractivity contribution < 1.29 is 14.0 Å². The average molecular weight is 369 g/mol. The molecule has 1 aliphatic rings. The van der Waals surface area contributed by atoms with Crippen LogP contribution < -0.4 is 11.1 Å². The van der Waals surface area contributed by atoms with Crippen LogP contribution in [0, 0.1) is 17.7 Å². The highest BCUT2D eigenvalue weighted by Gasteiger charge is 2.31. The van der Waals surface area contributed by atoms with Crippen LogP contribution in [0.15, 0.2) is 18.2 Å². The first-order valence-electron chi connectivity index (χ1n) is 8.70. The predicted octanol–water partition coefficient (Wildman–Crippen LogP) is 3.21. The number of benzene rings is 1. The fourth-order valence-electron chi connectivity index (χ4n) is 3.32. The van der Waals surface area contributed by atoms with Crippen molar-refractivity contribution in [1.82, 2.24) is 5.32 Å². The summed E-state index contributed by atoms with van der Waals surface area (Å²) in [7, 11) is 0. The number of amides is 1. The standard InChI is InChI=1S/C19H26ClFN2O2/c1-19(2,14-7-8-16(21)15(20)9-14)18(25)23-10-17(22)13-5-3-12(11-24)4-6-13/h7-9,11-13,17H,3-6,10,22H2,1-2H3,(H,23,25). The number of halogens is 2. The van der Waals surface area contributed by atoms with Crippen LogP contribution in [-0.4, -0.2) is 24.8 Å². The molecule has 1 aromatic rings. The van der Waals surface area contributed by atoms with E-state index in [2.05, 4.69) is 5.32 Å². The zero-order chi connectivity index (χ0) is 18.6. The van der Waals surface area contributed by atoms with Gasteiger partial charge in [-0.05, 0) is 63.1 Å². The molecule has 138 valence electrons. The molecule has 0 bridgehead atoms. The van der Waals surface area contributed by atoms with Crippen molar-refractivity contribution in [3.63, 3.8) is 0 Å². The van der Waals surface area contributed by atoms with E-state index in [4.69, 9.17) is 17.3 Å². The third kappa shape index (κ3) is 4.79. The van der Waals surface area contributed by atoms with Gasteiger partial charge in [-0.2, -0.15) is 0 Å². The Morgan fingerprint density at radius 1 is 1.40 bits per heavy atom. The number of aldehydes is 1. The molecule has 1 aliphatic carbocycles. The number of rotatable bonds is 6. The fraction of sp³-hybridized carbons (Fsp3) is 0.579. The Bertz CT molecular complexity index is 628. The van der Waals surface area contributed by atoms with Gasteiger partial charge in [0.15, 0.2) is 0 Å². The Balaban J connectivity index is 1.92. The Hall–Kier alpha value is -1.46. The molecule has 4 nitrogen and oxygen atoms in total. The number of hydrogen-bond donors (Lipinski definition) is 2. The lowest BCUT2D eigenvalue weighted by Crippen LogP contribution is -2.48. The second kappa shape index (κ2) is 8.28. The molecule has 0 aromatic heterocycles. The van der Waals surface area contributed by atoms with Gasteiger partial charge in [0.05, 0.1) is 10.4 Å². The topological polar surface area (TPSA) is 72.2 Å². The van der Waals surface area contributed by atoms with E-state index in [0.29, 0.717) is 18.0 Å². The number of nitrogens with one attached hydrogen (secondary N) is 1. The third-order valence-corrected chi connectivity index (χ3v) is 5.61. The van der Waals surface area contributed by atoms with E-state index in [0.717, 1.165) is 32.0 Å². The van der Waals surface area contributed by atoms with Gasteiger partial charge in [-0.25, -0.2) is 4.39 Å². The normalized spacial score (nSPS) is 22.3. The Morgan fingerprint density at radius 3 is 2.60 bits per heavy atom. The number of hydrogen-bond acceptors (Lipinski definition) is 3. The van der Waals surface area contributed by atoms with Crippen molar-refractivity contribution in [2.75, 3.05) is 6.54 Å². The summed E-state index contributed by atoms with van der Waals surface area (Å²) in [5.74, 6) is -0.207. The van der Waals surface area contributed by atoms with E-state index < -0.39 is 11.2 Å². The third-order valence-electron chi connectivity index (χ3n) is 5.32. The van der Waals surface area contributed by atoms with E-state index in [1.165, 1.54) is 12.1 Å². The highest BCUT2D eigenvalue weighted by molar-refractivity contribution is 6.30. The summed E-state index contributed by atoms with van der Waals surface area (Å²) >= 11 is 5.83. The van der Waals surface area contributed by atoms with Gasteiger partial charge < -0.3 is 15.8 Å². The summed E-state index contributed by atoms with van der Waals surface area (Å²) < 4.78 is 13.3. The minimum Gasteiger partial charge on any atom is -0.354 e. The van der Waals surface area contributed by atoms with Gasteiger partial charge in [-0.1, -0.05) is 17.7 Å². The van der Waals surface area contributed by atoms with Crippen LogP contribution in [0.3, 0.4) is 0 Å². The summed E-state index contributed by atoms with van der Waals surface area (Å²) in [5, 5.41) is 2.91. The molecule has 2 rings (SSSR count). The molecule has 0 aliphatic heterocycles. The summed E-state index contributed by atoms with van der Waals surface area (Å²) in [4.78, 5) is 23.4. The summed E-state index contributed by atoms with van der Waals surface area (Å²) in [6.07, 6.45) is 4.60. The van der Waals surface area contributed by atoms with Gasteiger partial charge in [0.25, 0.3) is 0 Å². The predicted molar refractivity (Wildman–Crippen MR) is 96.9 cm³/mol. The van der Waals surface area contributed by atoms with E-state index in [1.54, 1.807) is 19.9 Å². The van der Waals surface area contributed by atoms with Gasteiger partial charge >= 0.3 is 0 Å². The van der Waals surface area contributed by atoms with Gasteiger partial charge in [0, 0.05) is 18.5 Å². The van der Waals surface area contributed by atoms with Gasteiger partial charge in [0.2, 0.25) is 5.91 Å². The van der Waals surface area contributed by atoms with Crippen LogP contribution in [0.2, 0.25) is 5.02 Å². The first kappa shape index (κ1) is 19.9. The highest BCUT2D eigenvalue weighted by Crippen LogP contribution is 2.30. The molecule has 1 unspecified atom stereocenters. The van der Waals surface area contributed by atoms with Crippen molar-refractivity contribution in [3.05, 3.63) is 34.6 Å². The molecule has 0 radical (unpaired) electrons. The Labute approximate surface area is 153 Å². The zero-order valence-corrected chi connectivity index (χ0v) is 15.5. The van der Waals surface area contributed by atoms with E-state index in [-0.39, 0.29) is 22.9 Å². The molecular formula is C19H26ClFN2O2. The van der Waals surface area contributed by atoms with Gasteiger partial charge in [0.1, 0.15) is 12.1 Å². The molecule has 0 spiro atoms. The van der Waals surface area contributed by atoms with E-state index >= 15 is 0 Å². The maximum Gasteiger partial charge on any atom is 0.230 e. The summed E-state index contributed by atoms with van der Waals surface area (Å²) in [6, 6.07) is 4.19. The molecule has 1 fully saturated rings. The molecular weight excluding hydrogens is 343 g/mol. The van der Waals surface area contributed by atoms with Crippen LogP contribution in [0.5, 0.6) is 0 Å². The molecule has 1 amide bonds. The number of nitrogens with two attached hydrogens (primary N) is 1.